The van der Waals surface area contributed by atoms with E-state index in [1.807, 2.05) is 26.8 Å². The third kappa shape index (κ3) is 4.62. The topological polar surface area (TPSA) is 97.1 Å². The first-order valence-corrected chi connectivity index (χ1v) is 8.66. The van der Waals surface area contributed by atoms with E-state index in [1.54, 1.807) is 17.5 Å². The Morgan fingerprint density at radius 1 is 1.29 bits per heavy atom. The molecule has 7 heteroatoms. The SMILES string of the molecule is Cc1ccc(NC(=O)c2csc(CCN)n2)cc1C(=O)NC(C)C. The highest BCUT2D eigenvalue weighted by Crippen LogP contribution is 2.17. The summed E-state index contributed by atoms with van der Waals surface area (Å²) < 4.78 is 0. The molecule has 6 nitrogen and oxygen atoms in total. The number of benzene rings is 1. The minimum atomic E-state index is -0.298. The Morgan fingerprint density at radius 3 is 2.71 bits per heavy atom. The summed E-state index contributed by atoms with van der Waals surface area (Å²) in [6.45, 7) is 6.17. The lowest BCUT2D eigenvalue weighted by Gasteiger charge is -2.12. The largest absolute Gasteiger partial charge is 0.350 e. The van der Waals surface area contributed by atoms with Crippen LogP contribution in [0.5, 0.6) is 0 Å². The molecule has 1 heterocycles. The highest BCUT2D eigenvalue weighted by Gasteiger charge is 2.14. The molecule has 4 N–H and O–H groups in total. The normalized spacial score (nSPS) is 10.7. The molecule has 2 amide bonds. The number of anilines is 1. The van der Waals surface area contributed by atoms with E-state index in [2.05, 4.69) is 15.6 Å². The standard InChI is InChI=1S/C17H22N4O2S/c1-10(2)19-16(22)13-8-12(5-4-11(13)3)20-17(23)14-9-24-15(21-14)6-7-18/h4-5,8-10H,6-7,18H2,1-3H3,(H,19,22)(H,20,23). The zero-order valence-corrected chi connectivity index (χ0v) is 14.9. The van der Waals surface area contributed by atoms with Gasteiger partial charge in [0, 0.05) is 29.1 Å². The van der Waals surface area contributed by atoms with Crippen molar-refractivity contribution in [1.29, 1.82) is 0 Å². The van der Waals surface area contributed by atoms with Crippen molar-refractivity contribution in [3.8, 4) is 0 Å². The van der Waals surface area contributed by atoms with Crippen LogP contribution in [-0.2, 0) is 6.42 Å². The van der Waals surface area contributed by atoms with Crippen molar-refractivity contribution < 1.29 is 9.59 Å². The number of carbonyl (C=O) groups excluding carboxylic acids is 2. The summed E-state index contributed by atoms with van der Waals surface area (Å²) in [6, 6.07) is 5.31. The van der Waals surface area contributed by atoms with Gasteiger partial charge >= 0.3 is 0 Å². The summed E-state index contributed by atoms with van der Waals surface area (Å²) in [5.74, 6) is -0.453. The molecule has 0 saturated heterocycles. The maximum atomic E-state index is 12.3. The molecular weight excluding hydrogens is 324 g/mol. The lowest BCUT2D eigenvalue weighted by Crippen LogP contribution is -2.30. The van der Waals surface area contributed by atoms with Crippen LogP contribution in [0, 0.1) is 6.92 Å². The van der Waals surface area contributed by atoms with Gasteiger partial charge in [-0.15, -0.1) is 11.3 Å². The van der Waals surface area contributed by atoms with Crippen LogP contribution in [-0.4, -0.2) is 29.4 Å². The van der Waals surface area contributed by atoms with Gasteiger partial charge in [0.25, 0.3) is 11.8 Å². The van der Waals surface area contributed by atoms with Crippen LogP contribution in [0.25, 0.3) is 0 Å². The van der Waals surface area contributed by atoms with Gasteiger partial charge in [0.1, 0.15) is 5.69 Å². The fraction of sp³-hybridized carbons (Fsp3) is 0.353. The number of rotatable bonds is 6. The van der Waals surface area contributed by atoms with Crippen molar-refractivity contribution in [3.63, 3.8) is 0 Å². The van der Waals surface area contributed by atoms with Gasteiger partial charge < -0.3 is 16.4 Å². The van der Waals surface area contributed by atoms with Gasteiger partial charge in [-0.05, 0) is 45.0 Å². The molecule has 2 rings (SSSR count). The van der Waals surface area contributed by atoms with E-state index in [9.17, 15) is 9.59 Å². The van der Waals surface area contributed by atoms with Gasteiger partial charge in [0.05, 0.1) is 5.01 Å². The van der Waals surface area contributed by atoms with Crippen molar-refractivity contribution in [1.82, 2.24) is 10.3 Å². The first-order valence-electron chi connectivity index (χ1n) is 7.78. The second-order valence-electron chi connectivity index (χ2n) is 5.78. The molecule has 128 valence electrons. The van der Waals surface area contributed by atoms with Crippen LogP contribution in [0.4, 0.5) is 5.69 Å². The first-order chi connectivity index (χ1) is 11.4. The number of aromatic nitrogens is 1. The van der Waals surface area contributed by atoms with Crippen LogP contribution in [0.2, 0.25) is 0 Å². The summed E-state index contributed by atoms with van der Waals surface area (Å²) in [7, 11) is 0. The van der Waals surface area contributed by atoms with E-state index in [-0.39, 0.29) is 17.9 Å². The average molecular weight is 346 g/mol. The van der Waals surface area contributed by atoms with Crippen LogP contribution < -0.4 is 16.4 Å². The zero-order valence-electron chi connectivity index (χ0n) is 14.1. The van der Waals surface area contributed by atoms with E-state index >= 15 is 0 Å². The van der Waals surface area contributed by atoms with Gasteiger partial charge in [-0.3, -0.25) is 9.59 Å². The number of aryl methyl sites for hydroxylation is 1. The number of amides is 2. The van der Waals surface area contributed by atoms with Gasteiger partial charge in [-0.2, -0.15) is 0 Å². The summed E-state index contributed by atoms with van der Waals surface area (Å²) in [4.78, 5) is 28.7. The quantitative estimate of drug-likeness (QED) is 0.748. The Hall–Kier alpha value is -2.25. The molecule has 1 aromatic carbocycles. The Labute approximate surface area is 145 Å². The number of nitrogens with one attached hydrogen (secondary N) is 2. The summed E-state index contributed by atoms with van der Waals surface area (Å²) >= 11 is 1.41. The van der Waals surface area contributed by atoms with E-state index in [4.69, 9.17) is 5.73 Å². The molecule has 0 aliphatic rings. The number of thiazole rings is 1. The van der Waals surface area contributed by atoms with Crippen molar-refractivity contribution >= 4 is 28.8 Å². The van der Waals surface area contributed by atoms with E-state index < -0.39 is 0 Å². The second kappa shape index (κ2) is 8.03. The number of hydrogen-bond donors (Lipinski definition) is 3. The molecule has 1 aromatic heterocycles. The van der Waals surface area contributed by atoms with Gasteiger partial charge in [0.15, 0.2) is 0 Å². The maximum Gasteiger partial charge on any atom is 0.275 e. The van der Waals surface area contributed by atoms with Crippen LogP contribution in [0.15, 0.2) is 23.6 Å². The molecule has 0 aliphatic heterocycles. The predicted octanol–water partition coefficient (Wildman–Crippen LogP) is 2.34. The summed E-state index contributed by atoms with van der Waals surface area (Å²) in [5.41, 5.74) is 7.81. The van der Waals surface area contributed by atoms with Crippen molar-refractivity contribution in [2.75, 3.05) is 11.9 Å². The molecule has 0 spiro atoms. The smallest absolute Gasteiger partial charge is 0.275 e. The molecular formula is C17H22N4O2S. The lowest BCUT2D eigenvalue weighted by molar-refractivity contribution is 0.0941. The first kappa shape index (κ1) is 18.1. The van der Waals surface area contributed by atoms with E-state index in [1.165, 1.54) is 11.3 Å². The number of hydrogen-bond acceptors (Lipinski definition) is 5. The Bertz CT molecular complexity index is 740. The fourth-order valence-electron chi connectivity index (χ4n) is 2.13. The Morgan fingerprint density at radius 2 is 2.04 bits per heavy atom. The minimum absolute atomic E-state index is 0.0473. The van der Waals surface area contributed by atoms with Gasteiger partial charge in [-0.1, -0.05) is 6.07 Å². The maximum absolute atomic E-state index is 12.3. The van der Waals surface area contributed by atoms with Gasteiger partial charge in [0.2, 0.25) is 0 Å². The number of nitrogens with zero attached hydrogens (tertiary/aromatic N) is 1. The minimum Gasteiger partial charge on any atom is -0.350 e. The van der Waals surface area contributed by atoms with Crippen LogP contribution in [0.3, 0.4) is 0 Å². The molecule has 24 heavy (non-hydrogen) atoms. The highest BCUT2D eigenvalue weighted by atomic mass is 32.1. The molecule has 0 bridgehead atoms. The molecule has 2 aromatic rings. The number of carbonyl (C=O) groups is 2. The molecule has 0 saturated carbocycles. The zero-order chi connectivity index (χ0) is 17.7. The molecule has 0 fully saturated rings. The molecule has 0 atom stereocenters. The third-order valence-electron chi connectivity index (χ3n) is 3.30. The molecule has 0 radical (unpaired) electrons. The van der Waals surface area contributed by atoms with Crippen molar-refractivity contribution in [2.45, 2.75) is 33.2 Å². The Balaban J connectivity index is 2.14. The predicted molar refractivity (Wildman–Crippen MR) is 96.6 cm³/mol. The summed E-state index contributed by atoms with van der Waals surface area (Å²) in [5, 5.41) is 8.18. The third-order valence-corrected chi connectivity index (χ3v) is 4.21. The molecule has 0 unspecified atom stereocenters. The fourth-order valence-corrected chi connectivity index (χ4v) is 2.93. The van der Waals surface area contributed by atoms with Crippen LogP contribution in [0.1, 0.15) is 45.3 Å². The number of nitrogens with two attached hydrogens (primary N) is 1. The van der Waals surface area contributed by atoms with Crippen molar-refractivity contribution in [2.24, 2.45) is 5.73 Å². The van der Waals surface area contributed by atoms with Gasteiger partial charge in [-0.25, -0.2) is 4.98 Å². The molecule has 0 aliphatic carbocycles. The van der Waals surface area contributed by atoms with Crippen molar-refractivity contribution in [3.05, 3.63) is 45.4 Å². The average Bonchev–Trinajstić information content (AvgIpc) is 2.97. The van der Waals surface area contributed by atoms with E-state index in [0.29, 0.717) is 29.9 Å². The second-order valence-corrected chi connectivity index (χ2v) is 6.72. The summed E-state index contributed by atoms with van der Waals surface area (Å²) in [6.07, 6.45) is 0.655. The van der Waals surface area contributed by atoms with Crippen LogP contribution >= 0.6 is 11.3 Å². The Kier molecular flexibility index (Phi) is 6.05. The highest BCUT2D eigenvalue weighted by molar-refractivity contribution is 7.09. The monoisotopic (exact) mass is 346 g/mol. The van der Waals surface area contributed by atoms with E-state index in [0.717, 1.165) is 10.6 Å². The lowest BCUT2D eigenvalue weighted by atomic mass is 10.1.